The van der Waals surface area contributed by atoms with Crippen LogP contribution in [0.1, 0.15) is 29.6 Å². The highest BCUT2D eigenvalue weighted by Crippen LogP contribution is 2.38. The minimum absolute atomic E-state index is 0.00776. The average molecular weight is 386 g/mol. The van der Waals surface area contributed by atoms with Crippen LogP contribution in [-0.4, -0.2) is 78.6 Å². The van der Waals surface area contributed by atoms with Gasteiger partial charge in [0, 0.05) is 42.8 Å². The number of imide groups is 1. The lowest BCUT2D eigenvalue weighted by Crippen LogP contribution is -2.59. The smallest absolute Gasteiger partial charge is 0.329 e. The summed E-state index contributed by atoms with van der Waals surface area (Å²) in [5, 5.41) is 12.9. The number of benzene rings is 1. The van der Waals surface area contributed by atoms with E-state index >= 15 is 0 Å². The Hall–Kier alpha value is -2.45. The first-order chi connectivity index (χ1) is 13.4. The van der Waals surface area contributed by atoms with Gasteiger partial charge < -0.3 is 14.9 Å². The molecule has 1 spiro atoms. The Kier molecular flexibility index (Phi) is 4.84. The van der Waals surface area contributed by atoms with Crippen LogP contribution in [0.5, 0.6) is 0 Å². The molecule has 8 nitrogen and oxygen atoms in total. The quantitative estimate of drug-likeness (QED) is 0.729. The number of nitrogens with one attached hydrogen (secondary N) is 1. The van der Waals surface area contributed by atoms with Crippen LogP contribution in [0.3, 0.4) is 0 Å². The maximum atomic E-state index is 13.0. The maximum absolute atomic E-state index is 13.0. The summed E-state index contributed by atoms with van der Waals surface area (Å²) in [5.41, 5.74) is 0.874. The van der Waals surface area contributed by atoms with Gasteiger partial charge in [0.25, 0.3) is 5.91 Å². The zero-order valence-corrected chi connectivity index (χ0v) is 16.1. The second kappa shape index (κ2) is 7.18. The molecule has 28 heavy (non-hydrogen) atoms. The van der Waals surface area contributed by atoms with E-state index < -0.39 is 6.03 Å². The Balaban J connectivity index is 1.48. The highest BCUT2D eigenvalue weighted by atomic mass is 16.3. The highest BCUT2D eigenvalue weighted by Gasteiger charge is 2.45. The SMILES string of the molecule is CN1CC[C@H](O)[C@@]2(CCCN(C(=O)c3ccc(N4CC(=O)NC4=O)cc3)C2)C1. The molecule has 2 atom stereocenters. The Morgan fingerprint density at radius 1 is 1.18 bits per heavy atom. The Morgan fingerprint density at radius 3 is 2.61 bits per heavy atom. The summed E-state index contributed by atoms with van der Waals surface area (Å²) in [5.74, 6) is -0.396. The van der Waals surface area contributed by atoms with Crippen molar-refractivity contribution >= 4 is 23.5 Å². The molecule has 3 fully saturated rings. The molecule has 1 aromatic rings. The number of likely N-dealkylation sites (tertiary alicyclic amines) is 2. The number of carbonyl (C=O) groups is 3. The number of rotatable bonds is 2. The number of anilines is 1. The lowest BCUT2D eigenvalue weighted by atomic mass is 9.71. The van der Waals surface area contributed by atoms with Crippen molar-refractivity contribution < 1.29 is 19.5 Å². The predicted molar refractivity (Wildman–Crippen MR) is 103 cm³/mol. The first-order valence-corrected chi connectivity index (χ1v) is 9.75. The molecule has 3 aliphatic rings. The van der Waals surface area contributed by atoms with Gasteiger partial charge in [-0.15, -0.1) is 0 Å². The molecule has 0 unspecified atom stereocenters. The number of carbonyl (C=O) groups excluding carboxylic acids is 3. The van der Waals surface area contributed by atoms with E-state index in [0.717, 1.165) is 32.4 Å². The molecule has 3 heterocycles. The van der Waals surface area contributed by atoms with Crippen molar-refractivity contribution in [1.82, 2.24) is 15.1 Å². The molecule has 3 saturated heterocycles. The van der Waals surface area contributed by atoms with Gasteiger partial charge in [-0.3, -0.25) is 19.8 Å². The summed E-state index contributed by atoms with van der Waals surface area (Å²) in [4.78, 5) is 41.6. The number of aliphatic hydroxyl groups excluding tert-OH is 1. The summed E-state index contributed by atoms with van der Waals surface area (Å²) in [6, 6.07) is 6.32. The molecule has 150 valence electrons. The van der Waals surface area contributed by atoms with E-state index in [1.165, 1.54) is 4.90 Å². The minimum Gasteiger partial charge on any atom is -0.392 e. The van der Waals surface area contributed by atoms with E-state index in [1.807, 2.05) is 4.90 Å². The fraction of sp³-hybridized carbons (Fsp3) is 0.550. The summed E-state index contributed by atoms with van der Waals surface area (Å²) < 4.78 is 0. The van der Waals surface area contributed by atoms with Gasteiger partial charge in [0.2, 0.25) is 5.91 Å². The van der Waals surface area contributed by atoms with E-state index in [-0.39, 0.29) is 29.9 Å². The molecule has 0 saturated carbocycles. The molecular formula is C20H26N4O4. The standard InChI is InChI=1S/C20H26N4O4/c1-22-10-7-16(25)20(12-22)8-2-9-23(13-20)18(27)14-3-5-15(6-4-14)24-11-17(26)21-19(24)28/h3-6,16,25H,2,7-13H2,1H3,(H,21,26,28)/t16-,20-/m0/s1. The molecule has 0 aliphatic carbocycles. The molecule has 4 amide bonds. The van der Waals surface area contributed by atoms with Gasteiger partial charge in [-0.25, -0.2) is 4.79 Å². The second-order valence-corrected chi connectivity index (χ2v) is 8.22. The predicted octanol–water partition coefficient (Wildman–Crippen LogP) is 0.662. The van der Waals surface area contributed by atoms with Gasteiger partial charge >= 0.3 is 6.03 Å². The Labute approximate surface area is 164 Å². The minimum atomic E-state index is -0.447. The van der Waals surface area contributed by atoms with Crippen molar-refractivity contribution in [2.45, 2.75) is 25.4 Å². The number of nitrogens with zero attached hydrogens (tertiary/aromatic N) is 3. The van der Waals surface area contributed by atoms with Crippen molar-refractivity contribution in [2.75, 3.05) is 44.7 Å². The molecule has 1 aromatic carbocycles. The van der Waals surface area contributed by atoms with E-state index in [0.29, 0.717) is 24.3 Å². The van der Waals surface area contributed by atoms with Gasteiger partial charge in [0.15, 0.2) is 0 Å². The van der Waals surface area contributed by atoms with Gasteiger partial charge in [-0.1, -0.05) is 0 Å². The van der Waals surface area contributed by atoms with Crippen molar-refractivity contribution in [3.8, 4) is 0 Å². The van der Waals surface area contributed by atoms with Crippen LogP contribution in [0, 0.1) is 5.41 Å². The van der Waals surface area contributed by atoms with Crippen LogP contribution in [0.2, 0.25) is 0 Å². The van der Waals surface area contributed by atoms with Crippen molar-refractivity contribution in [1.29, 1.82) is 0 Å². The number of amides is 4. The van der Waals surface area contributed by atoms with Gasteiger partial charge in [-0.05, 0) is 50.6 Å². The molecular weight excluding hydrogens is 360 g/mol. The van der Waals surface area contributed by atoms with Gasteiger partial charge in [0.1, 0.15) is 6.54 Å². The molecule has 8 heteroatoms. The van der Waals surface area contributed by atoms with E-state index in [9.17, 15) is 19.5 Å². The van der Waals surface area contributed by atoms with Crippen LogP contribution in [0.4, 0.5) is 10.5 Å². The number of urea groups is 1. The number of aliphatic hydroxyl groups is 1. The van der Waals surface area contributed by atoms with Crippen LogP contribution in [-0.2, 0) is 4.79 Å². The summed E-state index contributed by atoms with van der Waals surface area (Å²) in [6.45, 7) is 2.91. The maximum Gasteiger partial charge on any atom is 0.329 e. The first kappa shape index (κ1) is 18.9. The number of piperidine rings is 2. The summed E-state index contributed by atoms with van der Waals surface area (Å²) >= 11 is 0. The molecule has 0 radical (unpaired) electrons. The number of hydrogen-bond donors (Lipinski definition) is 2. The van der Waals surface area contributed by atoms with E-state index in [1.54, 1.807) is 24.3 Å². The first-order valence-electron chi connectivity index (χ1n) is 9.75. The Morgan fingerprint density at radius 2 is 1.93 bits per heavy atom. The van der Waals surface area contributed by atoms with Gasteiger partial charge in [0.05, 0.1) is 6.10 Å². The number of hydrogen-bond acceptors (Lipinski definition) is 5. The van der Waals surface area contributed by atoms with E-state index in [2.05, 4.69) is 17.3 Å². The van der Waals surface area contributed by atoms with Crippen molar-refractivity contribution in [3.63, 3.8) is 0 Å². The molecule has 3 aliphatic heterocycles. The second-order valence-electron chi connectivity index (χ2n) is 8.22. The van der Waals surface area contributed by atoms with Gasteiger partial charge in [-0.2, -0.15) is 0 Å². The molecule has 2 N–H and O–H groups in total. The Bertz CT molecular complexity index is 796. The fourth-order valence-corrected chi connectivity index (χ4v) is 4.72. The third-order valence-corrected chi connectivity index (χ3v) is 6.19. The van der Waals surface area contributed by atoms with Crippen LogP contribution < -0.4 is 10.2 Å². The molecule has 0 bridgehead atoms. The monoisotopic (exact) mass is 386 g/mol. The lowest BCUT2D eigenvalue weighted by molar-refractivity contribution is -0.117. The average Bonchev–Trinajstić information content (AvgIpc) is 3.03. The largest absolute Gasteiger partial charge is 0.392 e. The lowest BCUT2D eigenvalue weighted by Gasteiger charge is -2.50. The summed E-state index contributed by atoms with van der Waals surface area (Å²) in [6.07, 6.45) is 2.17. The molecule has 0 aromatic heterocycles. The van der Waals surface area contributed by atoms with Crippen LogP contribution in [0.25, 0.3) is 0 Å². The van der Waals surface area contributed by atoms with Crippen LogP contribution in [0.15, 0.2) is 24.3 Å². The topological polar surface area (TPSA) is 93.2 Å². The highest BCUT2D eigenvalue weighted by molar-refractivity contribution is 6.12. The van der Waals surface area contributed by atoms with Crippen molar-refractivity contribution in [3.05, 3.63) is 29.8 Å². The normalized spacial score (nSPS) is 28.7. The molecule has 4 rings (SSSR count). The van der Waals surface area contributed by atoms with Crippen molar-refractivity contribution in [2.24, 2.45) is 5.41 Å². The fourth-order valence-electron chi connectivity index (χ4n) is 4.72. The van der Waals surface area contributed by atoms with E-state index in [4.69, 9.17) is 0 Å². The zero-order chi connectivity index (χ0) is 19.9. The summed E-state index contributed by atoms with van der Waals surface area (Å²) in [7, 11) is 2.06. The zero-order valence-electron chi connectivity index (χ0n) is 16.1. The third-order valence-electron chi connectivity index (χ3n) is 6.19. The third kappa shape index (κ3) is 3.38. The van der Waals surface area contributed by atoms with Crippen LogP contribution >= 0.6 is 0 Å².